The molecule has 0 fully saturated rings. The maximum absolute atomic E-state index is 12.9. The summed E-state index contributed by atoms with van der Waals surface area (Å²) in [7, 11) is 0. The highest BCUT2D eigenvalue weighted by molar-refractivity contribution is 6.31. The van der Waals surface area contributed by atoms with E-state index in [0.717, 1.165) is 6.21 Å². The van der Waals surface area contributed by atoms with Gasteiger partial charge in [-0.3, -0.25) is 4.99 Å². The fraction of sp³-hybridized carbons (Fsp3) is 0.385. The maximum atomic E-state index is 12.9. The lowest BCUT2D eigenvalue weighted by Crippen LogP contribution is -2.01. The first-order valence-corrected chi connectivity index (χ1v) is 6.86. The number of hydrogen-bond donors (Lipinski definition) is 0. The van der Waals surface area contributed by atoms with Gasteiger partial charge in [-0.1, -0.05) is 12.5 Å². The molecular formula is C13H14Cl2F2N4. The molecule has 0 atom stereocenters. The fourth-order valence-corrected chi connectivity index (χ4v) is 1.71. The van der Waals surface area contributed by atoms with Crippen LogP contribution in [-0.4, -0.2) is 27.6 Å². The van der Waals surface area contributed by atoms with Gasteiger partial charge >= 0.3 is 0 Å². The highest BCUT2D eigenvalue weighted by atomic mass is 35.5. The first kappa shape index (κ1) is 17.7. The third kappa shape index (κ3) is 5.47. The van der Waals surface area contributed by atoms with Crippen LogP contribution in [0.3, 0.4) is 0 Å². The largest absolute Gasteiger partial charge is 0.265 e. The van der Waals surface area contributed by atoms with Crippen molar-refractivity contribution >= 4 is 35.0 Å². The molecule has 0 radical (unpaired) electrons. The molecule has 1 aromatic rings. The zero-order valence-electron chi connectivity index (χ0n) is 11.7. The van der Waals surface area contributed by atoms with Gasteiger partial charge in [0.2, 0.25) is 10.6 Å². The van der Waals surface area contributed by atoms with E-state index in [1.165, 1.54) is 6.20 Å². The second-order valence-electron chi connectivity index (χ2n) is 4.18. The molecule has 21 heavy (non-hydrogen) atoms. The SMILES string of the molecule is CC/C(C)=C(/C=N/C=C(\C)c1nc(Cl)nc(Cl)n1)C(F)F. The van der Waals surface area contributed by atoms with Crippen molar-refractivity contribution in [3.8, 4) is 0 Å². The first-order valence-electron chi connectivity index (χ1n) is 6.10. The lowest BCUT2D eigenvalue weighted by atomic mass is 10.1. The van der Waals surface area contributed by atoms with Crippen LogP contribution in [0.1, 0.15) is 33.0 Å². The Morgan fingerprint density at radius 2 is 1.76 bits per heavy atom. The molecule has 114 valence electrons. The van der Waals surface area contributed by atoms with Crippen molar-refractivity contribution in [3.05, 3.63) is 33.7 Å². The third-order valence-electron chi connectivity index (χ3n) is 2.67. The molecule has 0 aromatic carbocycles. The van der Waals surface area contributed by atoms with Crippen molar-refractivity contribution in [2.75, 3.05) is 0 Å². The van der Waals surface area contributed by atoms with Crippen molar-refractivity contribution in [2.24, 2.45) is 4.99 Å². The number of rotatable bonds is 5. The van der Waals surface area contributed by atoms with Crippen LogP contribution >= 0.6 is 23.2 Å². The standard InChI is InChI=1S/C13H14Cl2F2N4/c1-4-7(2)9(10(16)17)6-18-5-8(3)11-19-12(14)21-13(15)20-11/h5-6,10H,4H2,1-3H3/b8-5+,9-7-,18-6+. The van der Waals surface area contributed by atoms with Crippen molar-refractivity contribution in [2.45, 2.75) is 33.6 Å². The summed E-state index contributed by atoms with van der Waals surface area (Å²) in [6, 6.07) is 0. The highest BCUT2D eigenvalue weighted by Gasteiger charge is 2.11. The number of allylic oxidation sites excluding steroid dienone is 3. The lowest BCUT2D eigenvalue weighted by Gasteiger charge is -2.04. The van der Waals surface area contributed by atoms with E-state index in [-0.39, 0.29) is 22.0 Å². The minimum atomic E-state index is -2.57. The Morgan fingerprint density at radius 3 is 2.24 bits per heavy atom. The maximum Gasteiger partial charge on any atom is 0.265 e. The van der Waals surface area contributed by atoms with Crippen molar-refractivity contribution in [1.82, 2.24) is 15.0 Å². The molecule has 1 aromatic heterocycles. The Morgan fingerprint density at radius 1 is 1.19 bits per heavy atom. The van der Waals surface area contributed by atoms with Crippen LogP contribution in [0.2, 0.25) is 10.6 Å². The first-order chi connectivity index (χ1) is 9.85. The van der Waals surface area contributed by atoms with E-state index in [0.29, 0.717) is 17.6 Å². The number of aliphatic imine (C=N–C) groups is 1. The van der Waals surface area contributed by atoms with Crippen LogP contribution < -0.4 is 0 Å². The predicted molar refractivity (Wildman–Crippen MR) is 81.0 cm³/mol. The molecule has 0 N–H and O–H groups in total. The average molecular weight is 335 g/mol. The molecule has 4 nitrogen and oxygen atoms in total. The molecule has 0 saturated carbocycles. The van der Waals surface area contributed by atoms with Gasteiger partial charge < -0.3 is 0 Å². The van der Waals surface area contributed by atoms with Crippen LogP contribution in [0, 0.1) is 0 Å². The average Bonchev–Trinajstić information content (AvgIpc) is 2.41. The van der Waals surface area contributed by atoms with Crippen LogP contribution in [0.15, 0.2) is 22.3 Å². The Bertz CT molecular complexity index is 578. The van der Waals surface area contributed by atoms with Crippen molar-refractivity contribution in [3.63, 3.8) is 0 Å². The van der Waals surface area contributed by atoms with Gasteiger partial charge in [0.05, 0.1) is 0 Å². The van der Waals surface area contributed by atoms with Crippen LogP contribution in [0.5, 0.6) is 0 Å². The molecule has 0 amide bonds. The van der Waals surface area contributed by atoms with Gasteiger partial charge in [0.1, 0.15) is 0 Å². The molecule has 0 aliphatic rings. The second-order valence-corrected chi connectivity index (χ2v) is 4.85. The molecule has 1 rings (SSSR count). The van der Waals surface area contributed by atoms with Crippen molar-refractivity contribution in [1.29, 1.82) is 0 Å². The van der Waals surface area contributed by atoms with Crippen LogP contribution in [-0.2, 0) is 0 Å². The zero-order chi connectivity index (χ0) is 16.0. The second kappa shape index (κ2) is 8.14. The summed E-state index contributed by atoms with van der Waals surface area (Å²) in [4.78, 5) is 15.3. The van der Waals surface area contributed by atoms with Crippen molar-refractivity contribution < 1.29 is 8.78 Å². The predicted octanol–water partition coefficient (Wildman–Crippen LogP) is 4.60. The lowest BCUT2D eigenvalue weighted by molar-refractivity contribution is 0.196. The number of alkyl halides is 2. The quantitative estimate of drug-likeness (QED) is 0.739. The van der Waals surface area contributed by atoms with E-state index < -0.39 is 6.43 Å². The number of aromatic nitrogens is 3. The Kier molecular flexibility index (Phi) is 6.84. The summed E-state index contributed by atoms with van der Waals surface area (Å²) in [6.45, 7) is 5.12. The molecule has 0 aliphatic carbocycles. The van der Waals surface area contributed by atoms with E-state index in [4.69, 9.17) is 23.2 Å². The Balaban J connectivity index is 3.00. The van der Waals surface area contributed by atoms with Gasteiger partial charge in [-0.05, 0) is 43.5 Å². The topological polar surface area (TPSA) is 51.0 Å². The molecule has 0 saturated heterocycles. The Labute approximate surface area is 131 Å². The summed E-state index contributed by atoms with van der Waals surface area (Å²) in [6.07, 6.45) is 0.473. The molecule has 1 heterocycles. The molecule has 0 spiro atoms. The summed E-state index contributed by atoms with van der Waals surface area (Å²) in [5.74, 6) is 0.243. The van der Waals surface area contributed by atoms with E-state index >= 15 is 0 Å². The summed E-state index contributed by atoms with van der Waals surface area (Å²) in [5.41, 5.74) is 1.03. The third-order valence-corrected chi connectivity index (χ3v) is 3.01. The molecule has 0 unspecified atom stereocenters. The Hall–Kier alpha value is -1.40. The summed E-state index contributed by atoms with van der Waals surface area (Å²) in [5, 5.41) is -0.0894. The van der Waals surface area contributed by atoms with Crippen LogP contribution in [0.4, 0.5) is 8.78 Å². The smallest absolute Gasteiger partial charge is 0.264 e. The number of hydrogen-bond acceptors (Lipinski definition) is 4. The zero-order valence-corrected chi connectivity index (χ0v) is 13.3. The molecule has 8 heteroatoms. The highest BCUT2D eigenvalue weighted by Crippen LogP contribution is 2.16. The van der Waals surface area contributed by atoms with E-state index in [9.17, 15) is 8.78 Å². The van der Waals surface area contributed by atoms with Crippen LogP contribution in [0.25, 0.3) is 5.57 Å². The minimum Gasteiger partial charge on any atom is -0.264 e. The van der Waals surface area contributed by atoms with Gasteiger partial charge in [-0.15, -0.1) is 0 Å². The van der Waals surface area contributed by atoms with Gasteiger partial charge in [-0.2, -0.15) is 15.0 Å². The van der Waals surface area contributed by atoms with Gasteiger partial charge in [-0.25, -0.2) is 8.78 Å². The molecule has 0 bridgehead atoms. The molecule has 0 aliphatic heterocycles. The van der Waals surface area contributed by atoms with Gasteiger partial charge in [0, 0.05) is 23.6 Å². The van der Waals surface area contributed by atoms with E-state index in [2.05, 4.69) is 19.9 Å². The normalized spacial score (nSPS) is 14.0. The fourth-order valence-electron chi connectivity index (χ4n) is 1.35. The monoisotopic (exact) mass is 334 g/mol. The van der Waals surface area contributed by atoms with E-state index in [1.807, 2.05) is 0 Å². The van der Waals surface area contributed by atoms with E-state index in [1.54, 1.807) is 20.8 Å². The minimum absolute atomic E-state index is 0.0447. The van der Waals surface area contributed by atoms with Gasteiger partial charge in [0.15, 0.2) is 5.82 Å². The van der Waals surface area contributed by atoms with Gasteiger partial charge in [0.25, 0.3) is 6.43 Å². The number of nitrogens with zero attached hydrogens (tertiary/aromatic N) is 4. The number of halogens is 4. The summed E-state index contributed by atoms with van der Waals surface area (Å²) >= 11 is 11.3. The summed E-state index contributed by atoms with van der Waals surface area (Å²) < 4.78 is 25.7. The molecular weight excluding hydrogens is 321 g/mol.